The van der Waals surface area contributed by atoms with E-state index in [0.29, 0.717) is 45.8 Å². The molecule has 3 rings (SSSR count). The Labute approximate surface area is 156 Å². The number of morpholine rings is 1. The molecule has 2 aliphatic rings. The Hall–Kier alpha value is -1.88. The average molecular weight is 358 g/mol. The van der Waals surface area contributed by atoms with Crippen LogP contribution in [-0.4, -0.2) is 61.0 Å². The molecular formula is C21H30N2O3. The molecule has 0 aliphatic carbocycles. The van der Waals surface area contributed by atoms with Gasteiger partial charge < -0.3 is 14.5 Å². The van der Waals surface area contributed by atoms with E-state index in [1.54, 1.807) is 0 Å². The summed E-state index contributed by atoms with van der Waals surface area (Å²) in [7, 11) is 0. The normalized spacial score (nSPS) is 18.8. The minimum Gasteiger partial charge on any atom is -0.378 e. The molecular weight excluding hydrogens is 328 g/mol. The fourth-order valence-electron chi connectivity index (χ4n) is 3.77. The third-order valence-corrected chi connectivity index (χ3v) is 5.58. The fourth-order valence-corrected chi connectivity index (χ4v) is 3.77. The maximum atomic E-state index is 12.6. The molecule has 2 saturated heterocycles. The van der Waals surface area contributed by atoms with Crippen LogP contribution in [0.1, 0.15) is 37.3 Å². The summed E-state index contributed by atoms with van der Waals surface area (Å²) in [5, 5.41) is 0. The van der Waals surface area contributed by atoms with Crippen molar-refractivity contribution in [2.24, 2.45) is 5.92 Å². The molecule has 1 aromatic carbocycles. The van der Waals surface area contributed by atoms with E-state index in [2.05, 4.69) is 31.2 Å². The lowest BCUT2D eigenvalue weighted by Gasteiger charge is -2.35. The Bertz CT molecular complexity index is 600. The summed E-state index contributed by atoms with van der Waals surface area (Å²) < 4.78 is 5.32. The summed E-state index contributed by atoms with van der Waals surface area (Å²) in [5.41, 5.74) is 2.54. The maximum Gasteiger partial charge on any atom is 0.225 e. The van der Waals surface area contributed by atoms with Gasteiger partial charge in [-0.15, -0.1) is 0 Å². The molecule has 0 unspecified atom stereocenters. The van der Waals surface area contributed by atoms with Crippen LogP contribution in [0.3, 0.4) is 0 Å². The first kappa shape index (κ1) is 18.9. The second-order valence-electron chi connectivity index (χ2n) is 7.26. The molecule has 0 saturated carbocycles. The fraction of sp³-hybridized carbons (Fsp3) is 0.619. The van der Waals surface area contributed by atoms with Crippen LogP contribution in [0.25, 0.3) is 0 Å². The predicted molar refractivity (Wildman–Crippen MR) is 101 cm³/mol. The van der Waals surface area contributed by atoms with Crippen LogP contribution in [-0.2, 0) is 27.2 Å². The van der Waals surface area contributed by atoms with E-state index >= 15 is 0 Å². The molecule has 0 radical (unpaired) electrons. The molecule has 2 heterocycles. The van der Waals surface area contributed by atoms with Crippen molar-refractivity contribution >= 4 is 11.8 Å². The first-order chi connectivity index (χ1) is 12.7. The number of nitrogens with zero attached hydrogens (tertiary/aromatic N) is 2. The number of amides is 2. The average Bonchev–Trinajstić information content (AvgIpc) is 2.72. The van der Waals surface area contributed by atoms with E-state index in [1.807, 2.05) is 9.80 Å². The Morgan fingerprint density at radius 2 is 1.58 bits per heavy atom. The van der Waals surface area contributed by atoms with Crippen LogP contribution in [0.4, 0.5) is 0 Å². The number of carbonyl (C=O) groups excluding carboxylic acids is 2. The van der Waals surface area contributed by atoms with Crippen LogP contribution in [0.15, 0.2) is 24.3 Å². The van der Waals surface area contributed by atoms with E-state index < -0.39 is 0 Å². The number of benzene rings is 1. The van der Waals surface area contributed by atoms with Crippen LogP contribution in [0, 0.1) is 5.92 Å². The monoisotopic (exact) mass is 358 g/mol. The molecule has 2 aliphatic heterocycles. The molecule has 142 valence electrons. The number of likely N-dealkylation sites (tertiary alicyclic amines) is 1. The molecule has 5 nitrogen and oxygen atoms in total. The van der Waals surface area contributed by atoms with E-state index in [0.717, 1.165) is 25.7 Å². The second-order valence-corrected chi connectivity index (χ2v) is 7.26. The molecule has 1 aromatic rings. The lowest BCUT2D eigenvalue weighted by atomic mass is 9.94. The van der Waals surface area contributed by atoms with E-state index in [1.165, 1.54) is 11.1 Å². The Morgan fingerprint density at radius 1 is 0.962 bits per heavy atom. The quantitative estimate of drug-likeness (QED) is 0.811. The largest absolute Gasteiger partial charge is 0.378 e. The zero-order chi connectivity index (χ0) is 18.4. The molecule has 0 bridgehead atoms. The molecule has 0 atom stereocenters. The third-order valence-electron chi connectivity index (χ3n) is 5.58. The van der Waals surface area contributed by atoms with Crippen molar-refractivity contribution in [3.63, 3.8) is 0 Å². The summed E-state index contributed by atoms with van der Waals surface area (Å²) in [6.07, 6.45) is 3.95. The van der Waals surface area contributed by atoms with Gasteiger partial charge in [-0.25, -0.2) is 0 Å². The molecule has 0 aromatic heterocycles. The van der Waals surface area contributed by atoms with E-state index in [9.17, 15) is 9.59 Å². The molecule has 2 fully saturated rings. The lowest BCUT2D eigenvalue weighted by Crippen LogP contribution is -2.47. The number of rotatable bonds is 5. The van der Waals surface area contributed by atoms with Gasteiger partial charge in [0.15, 0.2) is 0 Å². The minimum absolute atomic E-state index is 0.0683. The van der Waals surface area contributed by atoms with Crippen molar-refractivity contribution < 1.29 is 14.3 Å². The summed E-state index contributed by atoms with van der Waals surface area (Å²) in [6.45, 7) is 6.24. The summed E-state index contributed by atoms with van der Waals surface area (Å²) in [5.74, 6) is 0.525. The summed E-state index contributed by atoms with van der Waals surface area (Å²) in [6, 6.07) is 8.53. The zero-order valence-corrected chi connectivity index (χ0v) is 15.8. The van der Waals surface area contributed by atoms with Crippen LogP contribution in [0.2, 0.25) is 0 Å². The number of aryl methyl sites for hydroxylation is 2. The van der Waals surface area contributed by atoms with Crippen molar-refractivity contribution in [2.75, 3.05) is 39.4 Å². The zero-order valence-electron chi connectivity index (χ0n) is 15.8. The lowest BCUT2D eigenvalue weighted by molar-refractivity contribution is -0.143. The molecule has 5 heteroatoms. The van der Waals surface area contributed by atoms with Gasteiger partial charge >= 0.3 is 0 Å². The minimum atomic E-state index is 0.0683. The van der Waals surface area contributed by atoms with Crippen molar-refractivity contribution in [1.82, 2.24) is 9.80 Å². The number of hydrogen-bond donors (Lipinski definition) is 0. The van der Waals surface area contributed by atoms with Gasteiger partial charge in [-0.05, 0) is 36.8 Å². The van der Waals surface area contributed by atoms with Gasteiger partial charge in [-0.1, -0.05) is 31.2 Å². The third kappa shape index (κ3) is 4.85. The maximum absolute atomic E-state index is 12.6. The standard InChI is InChI=1S/C21H30N2O3/c1-2-17-3-5-18(6-4-17)7-8-20(24)22-11-9-19(10-12-22)21(25)23-13-15-26-16-14-23/h3-6,19H,2,7-16H2,1H3. The van der Waals surface area contributed by atoms with Gasteiger partial charge in [0.2, 0.25) is 11.8 Å². The van der Waals surface area contributed by atoms with Crippen LogP contribution >= 0.6 is 0 Å². The smallest absolute Gasteiger partial charge is 0.225 e. The van der Waals surface area contributed by atoms with Crippen molar-refractivity contribution in [3.05, 3.63) is 35.4 Å². The Kier molecular flexibility index (Phi) is 6.67. The van der Waals surface area contributed by atoms with E-state index in [4.69, 9.17) is 4.74 Å². The second kappa shape index (κ2) is 9.17. The highest BCUT2D eigenvalue weighted by atomic mass is 16.5. The molecule has 2 amide bonds. The number of piperidine rings is 1. The SMILES string of the molecule is CCc1ccc(CCC(=O)N2CCC(C(=O)N3CCOCC3)CC2)cc1. The van der Waals surface area contributed by atoms with Gasteiger partial charge in [0.05, 0.1) is 13.2 Å². The number of hydrogen-bond acceptors (Lipinski definition) is 3. The van der Waals surface area contributed by atoms with Crippen molar-refractivity contribution in [3.8, 4) is 0 Å². The van der Waals surface area contributed by atoms with E-state index in [-0.39, 0.29) is 17.7 Å². The molecule has 0 N–H and O–H groups in total. The van der Waals surface area contributed by atoms with Crippen molar-refractivity contribution in [1.29, 1.82) is 0 Å². The predicted octanol–water partition coefficient (Wildman–Crippen LogP) is 2.28. The van der Waals surface area contributed by atoms with Gasteiger partial charge in [0.1, 0.15) is 0 Å². The summed E-state index contributed by atoms with van der Waals surface area (Å²) in [4.78, 5) is 28.9. The van der Waals surface area contributed by atoms with Crippen LogP contribution in [0.5, 0.6) is 0 Å². The highest BCUT2D eigenvalue weighted by molar-refractivity contribution is 5.80. The summed E-state index contributed by atoms with van der Waals surface area (Å²) >= 11 is 0. The topological polar surface area (TPSA) is 49.9 Å². The van der Waals surface area contributed by atoms with Crippen molar-refractivity contribution in [2.45, 2.75) is 39.0 Å². The first-order valence-corrected chi connectivity index (χ1v) is 9.89. The number of ether oxygens (including phenoxy) is 1. The highest BCUT2D eigenvalue weighted by Gasteiger charge is 2.30. The highest BCUT2D eigenvalue weighted by Crippen LogP contribution is 2.21. The van der Waals surface area contributed by atoms with Gasteiger partial charge in [-0.2, -0.15) is 0 Å². The molecule has 26 heavy (non-hydrogen) atoms. The van der Waals surface area contributed by atoms with Gasteiger partial charge in [0.25, 0.3) is 0 Å². The first-order valence-electron chi connectivity index (χ1n) is 9.89. The van der Waals surface area contributed by atoms with Gasteiger partial charge in [0, 0.05) is 38.5 Å². The molecule has 0 spiro atoms. The Morgan fingerprint density at radius 3 is 2.19 bits per heavy atom. The van der Waals surface area contributed by atoms with Gasteiger partial charge in [-0.3, -0.25) is 9.59 Å². The Balaban J connectivity index is 1.42. The van der Waals surface area contributed by atoms with Crippen LogP contribution < -0.4 is 0 Å². The number of carbonyl (C=O) groups is 2.